The fourth-order valence-corrected chi connectivity index (χ4v) is 2.88. The third-order valence-electron chi connectivity index (χ3n) is 3.13. The van der Waals surface area contributed by atoms with Crippen molar-refractivity contribution in [3.8, 4) is 0 Å². The summed E-state index contributed by atoms with van der Waals surface area (Å²) in [6.45, 7) is 7.30. The highest BCUT2D eigenvalue weighted by Gasteiger charge is 2.22. The highest BCUT2D eigenvalue weighted by Crippen LogP contribution is 2.26. The summed E-state index contributed by atoms with van der Waals surface area (Å²) >= 11 is 1.50. The normalized spacial score (nSPS) is 20.7. The number of thiazole rings is 1. The monoisotopic (exact) mass is 267 g/mol. The molecule has 100 valence electrons. The van der Waals surface area contributed by atoms with Gasteiger partial charge in [0.05, 0.1) is 11.7 Å². The smallest absolute Gasteiger partial charge is 0.243 e. The first kappa shape index (κ1) is 13.5. The standard InChI is InChI=1S/C13H21N3OS/c1-13(2,3)10-8-18-12(15-10)16-11(17)9-6-4-5-7-14-9/h8-9,14H,4-7H2,1-3H3,(H,15,16,17). The number of hydrogen-bond acceptors (Lipinski definition) is 4. The molecule has 1 fully saturated rings. The fraction of sp³-hybridized carbons (Fsp3) is 0.692. The van der Waals surface area contributed by atoms with Gasteiger partial charge in [0.25, 0.3) is 0 Å². The lowest BCUT2D eigenvalue weighted by Gasteiger charge is -2.21. The Hall–Kier alpha value is -0.940. The lowest BCUT2D eigenvalue weighted by atomic mass is 9.93. The minimum atomic E-state index is -0.0549. The topological polar surface area (TPSA) is 54.0 Å². The summed E-state index contributed by atoms with van der Waals surface area (Å²) < 4.78 is 0. The predicted octanol–water partition coefficient (Wildman–Crippen LogP) is 2.52. The van der Waals surface area contributed by atoms with Crippen molar-refractivity contribution >= 4 is 22.4 Å². The van der Waals surface area contributed by atoms with Gasteiger partial charge in [-0.2, -0.15) is 0 Å². The lowest BCUT2D eigenvalue weighted by Crippen LogP contribution is -2.43. The van der Waals surface area contributed by atoms with Crippen LogP contribution in [-0.2, 0) is 10.2 Å². The van der Waals surface area contributed by atoms with Crippen molar-refractivity contribution in [2.75, 3.05) is 11.9 Å². The number of anilines is 1. The summed E-state index contributed by atoms with van der Waals surface area (Å²) in [6, 6.07) is -0.0549. The number of aromatic nitrogens is 1. The summed E-state index contributed by atoms with van der Waals surface area (Å²) in [5.74, 6) is 0.0458. The summed E-state index contributed by atoms with van der Waals surface area (Å²) in [4.78, 5) is 16.5. The third-order valence-corrected chi connectivity index (χ3v) is 3.89. The molecule has 1 aromatic rings. The van der Waals surface area contributed by atoms with E-state index in [0.717, 1.165) is 31.5 Å². The zero-order valence-electron chi connectivity index (χ0n) is 11.2. The SMILES string of the molecule is CC(C)(C)c1csc(NC(=O)C2CCCCN2)n1. The largest absolute Gasteiger partial charge is 0.306 e. The highest BCUT2D eigenvalue weighted by molar-refractivity contribution is 7.13. The van der Waals surface area contributed by atoms with E-state index in [1.165, 1.54) is 11.3 Å². The van der Waals surface area contributed by atoms with Crippen molar-refractivity contribution in [1.82, 2.24) is 10.3 Å². The van der Waals surface area contributed by atoms with E-state index in [1.54, 1.807) is 0 Å². The second kappa shape index (κ2) is 5.36. The number of hydrogen-bond donors (Lipinski definition) is 2. The molecule has 1 atom stereocenters. The number of nitrogens with zero attached hydrogens (tertiary/aromatic N) is 1. The molecule has 1 aromatic heterocycles. The summed E-state index contributed by atoms with van der Waals surface area (Å²) in [6.07, 6.45) is 3.20. The van der Waals surface area contributed by atoms with Crippen molar-refractivity contribution < 1.29 is 4.79 Å². The van der Waals surface area contributed by atoms with Crippen molar-refractivity contribution in [2.45, 2.75) is 51.5 Å². The van der Waals surface area contributed by atoms with Gasteiger partial charge in [-0.3, -0.25) is 4.79 Å². The van der Waals surface area contributed by atoms with E-state index in [0.29, 0.717) is 5.13 Å². The second-order valence-corrected chi connectivity index (χ2v) is 6.64. The maximum atomic E-state index is 12.0. The molecule has 1 aliphatic heterocycles. The predicted molar refractivity (Wildman–Crippen MR) is 75.1 cm³/mol. The molecule has 2 N–H and O–H groups in total. The Morgan fingerprint density at radius 2 is 2.28 bits per heavy atom. The molecule has 1 aliphatic rings. The van der Waals surface area contributed by atoms with E-state index in [-0.39, 0.29) is 17.4 Å². The highest BCUT2D eigenvalue weighted by atomic mass is 32.1. The molecule has 2 heterocycles. The third kappa shape index (κ3) is 3.29. The van der Waals surface area contributed by atoms with E-state index >= 15 is 0 Å². The number of carbonyl (C=O) groups excluding carboxylic acids is 1. The Kier molecular flexibility index (Phi) is 4.02. The Morgan fingerprint density at radius 3 is 2.83 bits per heavy atom. The first-order valence-corrected chi connectivity index (χ1v) is 7.35. The van der Waals surface area contributed by atoms with Gasteiger partial charge < -0.3 is 10.6 Å². The summed E-state index contributed by atoms with van der Waals surface area (Å²) in [5.41, 5.74) is 1.06. The molecule has 5 heteroatoms. The van der Waals surface area contributed by atoms with Crippen LogP contribution in [0.4, 0.5) is 5.13 Å². The number of rotatable bonds is 2. The zero-order valence-corrected chi connectivity index (χ0v) is 12.1. The van der Waals surface area contributed by atoms with Crippen molar-refractivity contribution in [1.29, 1.82) is 0 Å². The molecule has 0 saturated carbocycles. The van der Waals surface area contributed by atoms with E-state index in [1.807, 2.05) is 5.38 Å². The van der Waals surface area contributed by atoms with Crippen LogP contribution < -0.4 is 10.6 Å². The summed E-state index contributed by atoms with van der Waals surface area (Å²) in [5, 5.41) is 8.87. The first-order chi connectivity index (χ1) is 8.47. The molecule has 1 unspecified atom stereocenters. The van der Waals surface area contributed by atoms with Crippen LogP contribution in [-0.4, -0.2) is 23.5 Å². The van der Waals surface area contributed by atoms with Gasteiger partial charge in [0.2, 0.25) is 5.91 Å². The Bertz CT molecular complexity index is 416. The van der Waals surface area contributed by atoms with E-state index in [2.05, 4.69) is 36.4 Å². The molecule has 0 aromatic carbocycles. The van der Waals surface area contributed by atoms with Crippen LogP contribution in [0.2, 0.25) is 0 Å². The minimum absolute atomic E-state index is 0.0303. The molecule has 0 spiro atoms. The average Bonchev–Trinajstić information content (AvgIpc) is 2.78. The van der Waals surface area contributed by atoms with Gasteiger partial charge >= 0.3 is 0 Å². The van der Waals surface area contributed by atoms with Gasteiger partial charge in [-0.05, 0) is 19.4 Å². The lowest BCUT2D eigenvalue weighted by molar-refractivity contribution is -0.118. The molecular weight excluding hydrogens is 246 g/mol. The van der Waals surface area contributed by atoms with Crippen molar-refractivity contribution in [3.63, 3.8) is 0 Å². The van der Waals surface area contributed by atoms with Gasteiger partial charge in [0.1, 0.15) is 0 Å². The second-order valence-electron chi connectivity index (χ2n) is 5.78. The molecule has 0 bridgehead atoms. The van der Waals surface area contributed by atoms with Gasteiger partial charge in [-0.25, -0.2) is 4.98 Å². The number of piperidine rings is 1. The quantitative estimate of drug-likeness (QED) is 0.865. The molecule has 1 saturated heterocycles. The van der Waals surface area contributed by atoms with E-state index in [9.17, 15) is 4.79 Å². The van der Waals surface area contributed by atoms with E-state index < -0.39 is 0 Å². The number of carbonyl (C=O) groups is 1. The Balaban J connectivity index is 1.96. The van der Waals surface area contributed by atoms with Gasteiger partial charge in [-0.15, -0.1) is 11.3 Å². The van der Waals surface area contributed by atoms with Gasteiger partial charge in [-0.1, -0.05) is 27.2 Å². The number of nitrogens with one attached hydrogen (secondary N) is 2. The van der Waals surface area contributed by atoms with Crippen molar-refractivity contribution in [2.24, 2.45) is 0 Å². The zero-order chi connectivity index (χ0) is 13.2. The molecule has 4 nitrogen and oxygen atoms in total. The van der Waals surface area contributed by atoms with Crippen LogP contribution in [0.25, 0.3) is 0 Å². The summed E-state index contributed by atoms with van der Waals surface area (Å²) in [7, 11) is 0. The maximum absolute atomic E-state index is 12.0. The maximum Gasteiger partial charge on any atom is 0.243 e. The van der Waals surface area contributed by atoms with Crippen molar-refractivity contribution in [3.05, 3.63) is 11.1 Å². The van der Waals surface area contributed by atoms with Crippen LogP contribution in [0, 0.1) is 0 Å². The molecule has 18 heavy (non-hydrogen) atoms. The molecule has 0 aliphatic carbocycles. The molecule has 1 amide bonds. The molecule has 0 radical (unpaired) electrons. The Labute approximate surface area is 112 Å². The van der Waals surface area contributed by atoms with E-state index in [4.69, 9.17) is 0 Å². The first-order valence-electron chi connectivity index (χ1n) is 6.47. The van der Waals surface area contributed by atoms with Crippen LogP contribution >= 0.6 is 11.3 Å². The average molecular weight is 267 g/mol. The Morgan fingerprint density at radius 1 is 1.50 bits per heavy atom. The van der Waals surface area contributed by atoms with Gasteiger partial charge in [0.15, 0.2) is 5.13 Å². The molecular formula is C13H21N3OS. The van der Waals surface area contributed by atoms with Crippen LogP contribution in [0.1, 0.15) is 45.7 Å². The minimum Gasteiger partial charge on any atom is -0.306 e. The van der Waals surface area contributed by atoms with Gasteiger partial charge in [0, 0.05) is 10.8 Å². The fourth-order valence-electron chi connectivity index (χ4n) is 1.94. The van der Waals surface area contributed by atoms with Crippen LogP contribution in [0.5, 0.6) is 0 Å². The van der Waals surface area contributed by atoms with Crippen LogP contribution in [0.3, 0.4) is 0 Å². The molecule has 2 rings (SSSR count). The number of amides is 1. The van der Waals surface area contributed by atoms with Crippen LogP contribution in [0.15, 0.2) is 5.38 Å².